The van der Waals surface area contributed by atoms with Gasteiger partial charge in [-0.05, 0) is 18.2 Å². The Balaban J connectivity index is 2.64. The van der Waals surface area contributed by atoms with E-state index in [4.69, 9.17) is 5.73 Å². The minimum atomic E-state index is -3.76. The normalized spacial score (nSPS) is 11.2. The molecule has 21 heavy (non-hydrogen) atoms. The lowest BCUT2D eigenvalue weighted by Crippen LogP contribution is -2.39. The molecule has 1 aromatic rings. The summed E-state index contributed by atoms with van der Waals surface area (Å²) in [6.45, 7) is 0.0759. The van der Waals surface area contributed by atoms with E-state index in [1.165, 1.54) is 11.0 Å². The van der Waals surface area contributed by atoms with Crippen LogP contribution in [0, 0.1) is 5.82 Å². The maximum absolute atomic E-state index is 13.3. The lowest BCUT2D eigenvalue weighted by atomic mass is 10.2. The molecule has 0 saturated heterocycles. The van der Waals surface area contributed by atoms with Gasteiger partial charge in [0.05, 0.1) is 4.90 Å². The van der Waals surface area contributed by atoms with Crippen LogP contribution in [0.2, 0.25) is 0 Å². The standard InChI is InChI=1S/C12H19FN4O3S/c1-17(2)12(18)15-5-6-16-21(19,20)10-3-4-11(13)9(7-10)8-14/h3-4,7,16H,5-6,8,14H2,1-2H3,(H,15,18). The highest BCUT2D eigenvalue weighted by Gasteiger charge is 2.15. The second kappa shape index (κ2) is 7.34. The number of carbonyl (C=O) groups is 1. The summed E-state index contributed by atoms with van der Waals surface area (Å²) in [6, 6.07) is 3.09. The zero-order chi connectivity index (χ0) is 16.0. The Morgan fingerprint density at radius 2 is 2.00 bits per heavy atom. The lowest BCUT2D eigenvalue weighted by molar-refractivity contribution is 0.217. The fourth-order valence-electron chi connectivity index (χ4n) is 1.47. The van der Waals surface area contributed by atoms with Gasteiger partial charge < -0.3 is 16.0 Å². The number of rotatable bonds is 6. The largest absolute Gasteiger partial charge is 0.337 e. The van der Waals surface area contributed by atoms with Crippen LogP contribution >= 0.6 is 0 Å². The van der Waals surface area contributed by atoms with E-state index in [9.17, 15) is 17.6 Å². The van der Waals surface area contributed by atoms with Crippen LogP contribution < -0.4 is 15.8 Å². The van der Waals surface area contributed by atoms with E-state index in [-0.39, 0.29) is 36.1 Å². The number of sulfonamides is 1. The van der Waals surface area contributed by atoms with E-state index in [1.54, 1.807) is 14.1 Å². The molecule has 0 heterocycles. The maximum Gasteiger partial charge on any atom is 0.316 e. The molecule has 9 heteroatoms. The van der Waals surface area contributed by atoms with E-state index in [2.05, 4.69) is 10.0 Å². The summed E-state index contributed by atoms with van der Waals surface area (Å²) in [5.41, 5.74) is 5.46. The van der Waals surface area contributed by atoms with Crippen LogP contribution in [0.25, 0.3) is 0 Å². The van der Waals surface area contributed by atoms with Gasteiger partial charge in [-0.2, -0.15) is 0 Å². The molecule has 1 aromatic carbocycles. The highest BCUT2D eigenvalue weighted by molar-refractivity contribution is 7.89. The number of urea groups is 1. The first-order valence-electron chi connectivity index (χ1n) is 6.21. The molecule has 0 saturated carbocycles. The third kappa shape index (κ3) is 4.96. The Morgan fingerprint density at radius 3 is 2.57 bits per heavy atom. The Bertz CT molecular complexity index is 605. The van der Waals surface area contributed by atoms with Crippen molar-refractivity contribution in [1.82, 2.24) is 14.9 Å². The molecule has 0 fully saturated rings. The quantitative estimate of drug-likeness (QED) is 0.634. The van der Waals surface area contributed by atoms with Gasteiger partial charge in [0.15, 0.2) is 0 Å². The van der Waals surface area contributed by atoms with Crippen molar-refractivity contribution in [3.63, 3.8) is 0 Å². The third-order valence-corrected chi connectivity index (χ3v) is 4.11. The SMILES string of the molecule is CN(C)C(=O)NCCNS(=O)(=O)c1ccc(F)c(CN)c1. The van der Waals surface area contributed by atoms with Crippen molar-refractivity contribution in [2.24, 2.45) is 5.73 Å². The summed E-state index contributed by atoms with van der Waals surface area (Å²) >= 11 is 0. The second-order valence-electron chi connectivity index (χ2n) is 4.48. The van der Waals surface area contributed by atoms with Crippen LogP contribution in [0.1, 0.15) is 5.56 Å². The van der Waals surface area contributed by atoms with Crippen LogP contribution in [-0.4, -0.2) is 46.5 Å². The summed E-state index contributed by atoms with van der Waals surface area (Å²) in [4.78, 5) is 12.5. The lowest BCUT2D eigenvalue weighted by Gasteiger charge is -2.12. The van der Waals surface area contributed by atoms with Crippen molar-refractivity contribution >= 4 is 16.1 Å². The number of hydrogen-bond donors (Lipinski definition) is 3. The second-order valence-corrected chi connectivity index (χ2v) is 6.25. The number of nitrogens with one attached hydrogen (secondary N) is 2. The van der Waals surface area contributed by atoms with Crippen molar-refractivity contribution in [2.75, 3.05) is 27.2 Å². The number of halogens is 1. The molecule has 0 spiro atoms. The molecule has 0 radical (unpaired) electrons. The van der Waals surface area contributed by atoms with E-state index in [1.807, 2.05) is 0 Å². The third-order valence-electron chi connectivity index (χ3n) is 2.65. The van der Waals surface area contributed by atoms with Crippen LogP contribution in [-0.2, 0) is 16.6 Å². The van der Waals surface area contributed by atoms with Gasteiger partial charge in [-0.15, -0.1) is 0 Å². The molecule has 0 aliphatic heterocycles. The maximum atomic E-state index is 13.3. The van der Waals surface area contributed by atoms with Crippen molar-refractivity contribution in [1.29, 1.82) is 0 Å². The molecule has 1 rings (SSSR count). The van der Waals surface area contributed by atoms with Gasteiger partial charge >= 0.3 is 6.03 Å². The number of amides is 2. The predicted octanol–water partition coefficient (Wildman–Crippen LogP) is -0.166. The van der Waals surface area contributed by atoms with Crippen molar-refractivity contribution < 1.29 is 17.6 Å². The highest BCUT2D eigenvalue weighted by Crippen LogP contribution is 2.14. The van der Waals surface area contributed by atoms with Crippen LogP contribution in [0.3, 0.4) is 0 Å². The molecular weight excluding hydrogens is 299 g/mol. The van der Waals surface area contributed by atoms with Gasteiger partial charge in [0, 0.05) is 39.3 Å². The minimum Gasteiger partial charge on any atom is -0.337 e. The number of benzene rings is 1. The van der Waals surface area contributed by atoms with Crippen molar-refractivity contribution in [3.8, 4) is 0 Å². The Hall–Kier alpha value is -1.71. The zero-order valence-corrected chi connectivity index (χ0v) is 12.7. The minimum absolute atomic E-state index is 0.0250. The number of hydrogen-bond acceptors (Lipinski definition) is 4. The zero-order valence-electron chi connectivity index (χ0n) is 11.9. The number of nitrogens with zero attached hydrogens (tertiary/aromatic N) is 1. The smallest absolute Gasteiger partial charge is 0.316 e. The fourth-order valence-corrected chi connectivity index (χ4v) is 2.55. The summed E-state index contributed by atoms with van der Waals surface area (Å²) in [7, 11) is -0.613. The molecule has 2 amide bonds. The number of carbonyl (C=O) groups excluding carboxylic acids is 1. The molecular formula is C12H19FN4O3S. The molecule has 0 atom stereocenters. The van der Waals surface area contributed by atoms with Gasteiger partial charge in [0.1, 0.15) is 5.82 Å². The molecule has 118 valence electrons. The Labute approximate surface area is 123 Å². The van der Waals surface area contributed by atoms with Gasteiger partial charge in [0.2, 0.25) is 10.0 Å². The molecule has 0 unspecified atom stereocenters. The fraction of sp³-hybridized carbons (Fsp3) is 0.417. The summed E-state index contributed by atoms with van der Waals surface area (Å²) < 4.78 is 39.6. The van der Waals surface area contributed by atoms with E-state index < -0.39 is 15.8 Å². The first-order chi connectivity index (χ1) is 9.77. The summed E-state index contributed by atoms with van der Waals surface area (Å²) in [5.74, 6) is -0.547. The average Bonchev–Trinajstić information content (AvgIpc) is 2.43. The molecule has 7 nitrogen and oxygen atoms in total. The van der Waals surface area contributed by atoms with Gasteiger partial charge in [-0.25, -0.2) is 22.3 Å². The molecule has 4 N–H and O–H groups in total. The van der Waals surface area contributed by atoms with Crippen molar-refractivity contribution in [3.05, 3.63) is 29.6 Å². The average molecular weight is 318 g/mol. The first-order valence-corrected chi connectivity index (χ1v) is 7.69. The van der Waals surface area contributed by atoms with Crippen LogP contribution in [0.4, 0.5) is 9.18 Å². The predicted molar refractivity (Wildman–Crippen MR) is 76.6 cm³/mol. The first kappa shape index (κ1) is 17.3. The van der Waals surface area contributed by atoms with Gasteiger partial charge in [-0.3, -0.25) is 0 Å². The van der Waals surface area contributed by atoms with E-state index in [0.29, 0.717) is 0 Å². The van der Waals surface area contributed by atoms with Crippen LogP contribution in [0.15, 0.2) is 23.1 Å². The summed E-state index contributed by atoms with van der Waals surface area (Å²) in [5, 5.41) is 2.52. The molecule has 0 bridgehead atoms. The van der Waals surface area contributed by atoms with Crippen LogP contribution in [0.5, 0.6) is 0 Å². The molecule has 0 aromatic heterocycles. The van der Waals surface area contributed by atoms with Gasteiger partial charge in [-0.1, -0.05) is 0 Å². The van der Waals surface area contributed by atoms with Gasteiger partial charge in [0.25, 0.3) is 0 Å². The monoisotopic (exact) mass is 318 g/mol. The molecule has 0 aliphatic rings. The summed E-state index contributed by atoms with van der Waals surface area (Å²) in [6.07, 6.45) is 0. The molecule has 0 aliphatic carbocycles. The van der Waals surface area contributed by atoms with E-state index >= 15 is 0 Å². The Kier molecular flexibility index (Phi) is 6.06. The van der Waals surface area contributed by atoms with E-state index in [0.717, 1.165) is 12.1 Å². The highest BCUT2D eigenvalue weighted by atomic mass is 32.2. The number of nitrogens with two attached hydrogens (primary N) is 1. The Morgan fingerprint density at radius 1 is 1.33 bits per heavy atom. The topological polar surface area (TPSA) is 105 Å². The van der Waals surface area contributed by atoms with Crippen molar-refractivity contribution in [2.45, 2.75) is 11.4 Å².